The predicted octanol–water partition coefficient (Wildman–Crippen LogP) is 4.74. The topological polar surface area (TPSA) is 46.9 Å². The van der Waals surface area contributed by atoms with Gasteiger partial charge in [0.15, 0.2) is 0 Å². The number of alkyl halides is 1. The standard InChI is InChI=1S/C18H13ClF3N3O/c1-25-9-13(17(8-20)24-25)18(26)23-16-5-3-11(21)7-12(16)10-2-4-14(19)15(22)6-10/h2-7,9H,8H2,1H3,(H,23,26). The fourth-order valence-electron chi connectivity index (χ4n) is 2.54. The summed E-state index contributed by atoms with van der Waals surface area (Å²) in [6.07, 6.45) is 1.38. The van der Waals surface area contributed by atoms with Gasteiger partial charge in [0, 0.05) is 24.5 Å². The predicted molar refractivity (Wildman–Crippen MR) is 92.8 cm³/mol. The van der Waals surface area contributed by atoms with Crippen molar-refractivity contribution in [3.8, 4) is 11.1 Å². The van der Waals surface area contributed by atoms with Gasteiger partial charge < -0.3 is 5.32 Å². The molecule has 0 unspecified atom stereocenters. The SMILES string of the molecule is Cn1cc(C(=O)Nc2ccc(F)cc2-c2ccc(Cl)c(F)c2)c(CF)n1. The Balaban J connectivity index is 2.00. The van der Waals surface area contributed by atoms with Crippen LogP contribution in [0, 0.1) is 11.6 Å². The number of halogens is 4. The normalized spacial score (nSPS) is 10.8. The van der Waals surface area contributed by atoms with Gasteiger partial charge in [-0.1, -0.05) is 17.7 Å². The molecule has 1 N–H and O–H groups in total. The van der Waals surface area contributed by atoms with Crippen molar-refractivity contribution in [1.29, 1.82) is 0 Å². The maximum atomic E-state index is 13.8. The second-order valence-corrected chi connectivity index (χ2v) is 5.98. The molecule has 0 atom stereocenters. The summed E-state index contributed by atoms with van der Waals surface area (Å²) in [5.74, 6) is -1.83. The molecule has 26 heavy (non-hydrogen) atoms. The number of aryl methyl sites for hydroxylation is 1. The minimum absolute atomic E-state index is 0.00815. The fraction of sp³-hybridized carbons (Fsp3) is 0.111. The Morgan fingerprint density at radius 2 is 2.00 bits per heavy atom. The Kier molecular flexibility index (Phi) is 4.99. The molecule has 1 aromatic heterocycles. The molecule has 0 aliphatic carbocycles. The molecule has 1 amide bonds. The second kappa shape index (κ2) is 7.21. The molecule has 0 aliphatic heterocycles. The summed E-state index contributed by atoms with van der Waals surface area (Å²) in [6, 6.07) is 7.66. The van der Waals surface area contributed by atoms with Crippen LogP contribution in [-0.2, 0) is 13.7 Å². The summed E-state index contributed by atoms with van der Waals surface area (Å²) < 4.78 is 41.8. The smallest absolute Gasteiger partial charge is 0.259 e. The van der Waals surface area contributed by atoms with Crippen molar-refractivity contribution in [2.45, 2.75) is 6.67 Å². The van der Waals surface area contributed by atoms with Gasteiger partial charge in [0.1, 0.15) is 24.0 Å². The third kappa shape index (κ3) is 3.57. The largest absolute Gasteiger partial charge is 0.321 e. The average molecular weight is 380 g/mol. The van der Waals surface area contributed by atoms with Gasteiger partial charge in [-0.3, -0.25) is 9.48 Å². The molecule has 134 valence electrons. The van der Waals surface area contributed by atoms with Crippen LogP contribution in [0.15, 0.2) is 42.6 Å². The summed E-state index contributed by atoms with van der Waals surface area (Å²) in [5, 5.41) is 6.39. The van der Waals surface area contributed by atoms with E-state index >= 15 is 0 Å². The van der Waals surface area contributed by atoms with E-state index in [1.54, 1.807) is 7.05 Å². The van der Waals surface area contributed by atoms with Crippen molar-refractivity contribution in [2.75, 3.05) is 5.32 Å². The number of hydrogen-bond donors (Lipinski definition) is 1. The highest BCUT2D eigenvalue weighted by Gasteiger charge is 2.18. The van der Waals surface area contributed by atoms with E-state index in [2.05, 4.69) is 10.4 Å². The Morgan fingerprint density at radius 3 is 2.69 bits per heavy atom. The van der Waals surface area contributed by atoms with Crippen LogP contribution in [0.4, 0.5) is 18.9 Å². The molecule has 0 saturated carbocycles. The van der Waals surface area contributed by atoms with Crippen LogP contribution < -0.4 is 5.32 Å². The summed E-state index contributed by atoms with van der Waals surface area (Å²) in [5.41, 5.74) is 0.892. The Hall–Kier alpha value is -2.80. The van der Waals surface area contributed by atoms with Gasteiger partial charge in [-0.05, 0) is 35.9 Å². The highest BCUT2D eigenvalue weighted by atomic mass is 35.5. The van der Waals surface area contributed by atoms with Crippen molar-refractivity contribution in [3.05, 3.63) is 70.5 Å². The number of nitrogens with zero attached hydrogens (tertiary/aromatic N) is 2. The highest BCUT2D eigenvalue weighted by Crippen LogP contribution is 2.31. The summed E-state index contributed by atoms with van der Waals surface area (Å²) in [7, 11) is 1.57. The minimum Gasteiger partial charge on any atom is -0.321 e. The number of nitrogens with one attached hydrogen (secondary N) is 1. The lowest BCUT2D eigenvalue weighted by Gasteiger charge is -2.12. The molecule has 3 aromatic rings. The first kappa shape index (κ1) is 18.0. The van der Waals surface area contributed by atoms with Crippen LogP contribution in [-0.4, -0.2) is 15.7 Å². The molecule has 0 spiro atoms. The number of anilines is 1. The van der Waals surface area contributed by atoms with Crippen LogP contribution in [0.3, 0.4) is 0 Å². The monoisotopic (exact) mass is 379 g/mol. The number of carbonyl (C=O) groups is 1. The van der Waals surface area contributed by atoms with E-state index in [0.717, 1.165) is 18.2 Å². The highest BCUT2D eigenvalue weighted by molar-refractivity contribution is 6.30. The van der Waals surface area contributed by atoms with Crippen molar-refractivity contribution < 1.29 is 18.0 Å². The van der Waals surface area contributed by atoms with E-state index in [9.17, 15) is 18.0 Å². The third-order valence-corrected chi connectivity index (χ3v) is 4.04. The molecule has 8 heteroatoms. The van der Waals surface area contributed by atoms with Crippen LogP contribution in [0.1, 0.15) is 16.1 Å². The second-order valence-electron chi connectivity index (χ2n) is 5.57. The number of rotatable bonds is 4. The first-order chi connectivity index (χ1) is 12.4. The van der Waals surface area contributed by atoms with Gasteiger partial charge in [-0.25, -0.2) is 13.2 Å². The fourth-order valence-corrected chi connectivity index (χ4v) is 2.66. The lowest BCUT2D eigenvalue weighted by molar-refractivity contribution is 0.102. The molecular weight excluding hydrogens is 367 g/mol. The number of benzene rings is 2. The Bertz CT molecular complexity index is 988. The number of amides is 1. The zero-order valence-electron chi connectivity index (χ0n) is 13.6. The van der Waals surface area contributed by atoms with Crippen molar-refractivity contribution in [1.82, 2.24) is 9.78 Å². The van der Waals surface area contributed by atoms with Crippen LogP contribution in [0.5, 0.6) is 0 Å². The summed E-state index contributed by atoms with van der Waals surface area (Å²) in [6.45, 7) is -0.901. The lowest BCUT2D eigenvalue weighted by atomic mass is 10.0. The molecule has 4 nitrogen and oxygen atoms in total. The maximum absolute atomic E-state index is 13.8. The molecule has 2 aromatic carbocycles. The molecule has 1 heterocycles. The number of carbonyl (C=O) groups excluding carboxylic acids is 1. The number of aromatic nitrogens is 2. The minimum atomic E-state index is -0.901. The molecule has 0 saturated heterocycles. The van der Waals surface area contributed by atoms with Gasteiger partial charge in [-0.2, -0.15) is 5.10 Å². The van der Waals surface area contributed by atoms with E-state index in [4.69, 9.17) is 11.6 Å². The zero-order valence-corrected chi connectivity index (χ0v) is 14.3. The lowest BCUT2D eigenvalue weighted by Crippen LogP contribution is -2.14. The zero-order chi connectivity index (χ0) is 18.8. The van der Waals surface area contributed by atoms with E-state index in [0.29, 0.717) is 5.56 Å². The van der Waals surface area contributed by atoms with Gasteiger partial charge in [-0.15, -0.1) is 0 Å². The van der Waals surface area contributed by atoms with Crippen molar-refractivity contribution in [3.63, 3.8) is 0 Å². The Labute approximate surface area is 152 Å². The molecule has 3 rings (SSSR count). The number of hydrogen-bond acceptors (Lipinski definition) is 2. The van der Waals surface area contributed by atoms with Gasteiger partial charge in [0.2, 0.25) is 0 Å². The quantitative estimate of drug-likeness (QED) is 0.711. The van der Waals surface area contributed by atoms with Crippen molar-refractivity contribution >= 4 is 23.2 Å². The van der Waals surface area contributed by atoms with Gasteiger partial charge in [0.25, 0.3) is 5.91 Å². The molecule has 0 bridgehead atoms. The van der Waals surface area contributed by atoms with Crippen LogP contribution in [0.2, 0.25) is 5.02 Å². The van der Waals surface area contributed by atoms with Crippen LogP contribution in [0.25, 0.3) is 11.1 Å². The summed E-state index contributed by atoms with van der Waals surface area (Å²) >= 11 is 5.68. The Morgan fingerprint density at radius 1 is 1.23 bits per heavy atom. The molecular formula is C18H13ClF3N3O. The third-order valence-electron chi connectivity index (χ3n) is 3.74. The van der Waals surface area contributed by atoms with Crippen molar-refractivity contribution in [2.24, 2.45) is 7.05 Å². The van der Waals surface area contributed by atoms with E-state index in [-0.39, 0.29) is 27.5 Å². The average Bonchev–Trinajstić information content (AvgIpc) is 3.00. The van der Waals surface area contributed by atoms with Gasteiger partial charge >= 0.3 is 0 Å². The molecule has 0 aliphatic rings. The van der Waals surface area contributed by atoms with E-state index in [1.807, 2.05) is 0 Å². The summed E-state index contributed by atoms with van der Waals surface area (Å²) in [4.78, 5) is 12.5. The first-order valence-corrected chi connectivity index (χ1v) is 7.91. The maximum Gasteiger partial charge on any atom is 0.259 e. The first-order valence-electron chi connectivity index (χ1n) is 7.54. The molecule has 0 radical (unpaired) electrons. The van der Waals surface area contributed by atoms with Gasteiger partial charge in [0.05, 0.1) is 10.6 Å². The van der Waals surface area contributed by atoms with Crippen LogP contribution >= 0.6 is 11.6 Å². The van der Waals surface area contributed by atoms with E-state index < -0.39 is 24.2 Å². The molecule has 0 fully saturated rings. The van der Waals surface area contributed by atoms with E-state index in [1.165, 1.54) is 29.1 Å².